The summed E-state index contributed by atoms with van der Waals surface area (Å²) in [6, 6.07) is 4.82. The van der Waals surface area contributed by atoms with Crippen LogP contribution in [0, 0.1) is 0 Å². The number of rotatable bonds is 6. The molecule has 0 heterocycles. The lowest BCUT2D eigenvalue weighted by Gasteiger charge is -2.14. The fourth-order valence-electron chi connectivity index (χ4n) is 1.42. The van der Waals surface area contributed by atoms with Crippen molar-refractivity contribution in [1.29, 1.82) is 0 Å². The number of likely N-dealkylation sites (N-methyl/N-ethyl adjacent to an activating group) is 1. The van der Waals surface area contributed by atoms with Crippen molar-refractivity contribution in [3.8, 4) is 0 Å². The Labute approximate surface area is 133 Å². The van der Waals surface area contributed by atoms with Gasteiger partial charge >= 0.3 is 0 Å². The number of benzene rings is 1. The van der Waals surface area contributed by atoms with Gasteiger partial charge in [0.05, 0.1) is 14.4 Å². The summed E-state index contributed by atoms with van der Waals surface area (Å²) in [7, 11) is -3.55. The van der Waals surface area contributed by atoms with Gasteiger partial charge < -0.3 is 5.32 Å². The van der Waals surface area contributed by atoms with E-state index in [1.165, 1.54) is 6.07 Å². The molecule has 0 aliphatic carbocycles. The Balaban J connectivity index is 0.00000324. The maximum Gasteiger partial charge on any atom is 0.241 e. The number of hydrogen-bond donors (Lipinski definition) is 2. The lowest BCUT2D eigenvalue weighted by atomic mass is 10.3. The molecular formula is C11H17BrCl2N2O2S. The summed E-state index contributed by atoms with van der Waals surface area (Å²) in [5.41, 5.74) is 0. The first-order valence-corrected chi connectivity index (χ1v) is 8.21. The molecule has 2 N–H and O–H groups in total. The summed E-state index contributed by atoms with van der Waals surface area (Å²) >= 11 is 9.07. The van der Waals surface area contributed by atoms with Crippen molar-refractivity contribution < 1.29 is 8.42 Å². The number of sulfonamides is 1. The highest BCUT2D eigenvalue weighted by atomic mass is 79.9. The maximum absolute atomic E-state index is 12.1. The molecule has 0 aromatic heterocycles. The average molecular weight is 392 g/mol. The highest BCUT2D eigenvalue weighted by Gasteiger charge is 2.19. The molecule has 110 valence electrons. The number of halogens is 3. The van der Waals surface area contributed by atoms with Gasteiger partial charge in [0.1, 0.15) is 0 Å². The molecule has 1 atom stereocenters. The minimum absolute atomic E-state index is 0. The summed E-state index contributed by atoms with van der Waals surface area (Å²) in [6.07, 6.45) is 0. The van der Waals surface area contributed by atoms with Crippen LogP contribution in [0.25, 0.3) is 0 Å². The Kier molecular flexibility index (Phi) is 8.51. The minimum atomic E-state index is -3.55. The first-order chi connectivity index (χ1) is 8.38. The smallest absolute Gasteiger partial charge is 0.241 e. The van der Waals surface area contributed by atoms with Crippen molar-refractivity contribution in [1.82, 2.24) is 10.0 Å². The van der Waals surface area contributed by atoms with Crippen LogP contribution in [0.1, 0.15) is 13.8 Å². The summed E-state index contributed by atoms with van der Waals surface area (Å²) in [6.45, 7) is 5.01. The third kappa shape index (κ3) is 5.57. The summed E-state index contributed by atoms with van der Waals surface area (Å²) in [5.74, 6) is 0. The van der Waals surface area contributed by atoms with E-state index in [1.54, 1.807) is 12.1 Å². The molecule has 0 spiro atoms. The molecule has 0 saturated heterocycles. The molecular weight excluding hydrogens is 375 g/mol. The molecule has 0 fully saturated rings. The number of nitrogens with one attached hydrogen (secondary N) is 2. The molecule has 0 aliphatic rings. The van der Waals surface area contributed by atoms with E-state index in [-0.39, 0.29) is 23.3 Å². The summed E-state index contributed by atoms with van der Waals surface area (Å²) < 4.78 is 27.1. The predicted octanol–water partition coefficient (Wildman–Crippen LogP) is 2.80. The van der Waals surface area contributed by atoms with Crippen molar-refractivity contribution in [2.45, 2.75) is 24.8 Å². The lowest BCUT2D eigenvalue weighted by Crippen LogP contribution is -2.38. The van der Waals surface area contributed by atoms with Crippen LogP contribution in [-0.4, -0.2) is 27.5 Å². The predicted molar refractivity (Wildman–Crippen MR) is 84.7 cm³/mol. The zero-order chi connectivity index (χ0) is 13.8. The van der Waals surface area contributed by atoms with Crippen molar-refractivity contribution in [2.24, 2.45) is 0 Å². The first kappa shape index (κ1) is 19.1. The van der Waals surface area contributed by atoms with E-state index in [0.717, 1.165) is 6.54 Å². The van der Waals surface area contributed by atoms with Gasteiger partial charge in [-0.2, -0.15) is 0 Å². The Morgan fingerprint density at radius 3 is 2.63 bits per heavy atom. The fraction of sp³-hybridized carbons (Fsp3) is 0.455. The molecule has 0 amide bonds. The van der Waals surface area contributed by atoms with Gasteiger partial charge in [-0.25, -0.2) is 13.1 Å². The topological polar surface area (TPSA) is 58.2 Å². The quantitative estimate of drug-likeness (QED) is 0.783. The van der Waals surface area contributed by atoms with E-state index in [2.05, 4.69) is 26.0 Å². The van der Waals surface area contributed by atoms with E-state index in [0.29, 0.717) is 16.0 Å². The van der Waals surface area contributed by atoms with Gasteiger partial charge in [0.15, 0.2) is 0 Å². The van der Waals surface area contributed by atoms with Crippen LogP contribution in [0.3, 0.4) is 0 Å². The maximum atomic E-state index is 12.1. The van der Waals surface area contributed by atoms with Crippen LogP contribution >= 0.6 is 39.9 Å². The summed E-state index contributed by atoms with van der Waals surface area (Å²) in [4.78, 5) is 0.152. The fourth-order valence-corrected chi connectivity index (χ4v) is 3.79. The van der Waals surface area contributed by atoms with Crippen molar-refractivity contribution in [2.75, 3.05) is 13.1 Å². The van der Waals surface area contributed by atoms with Gasteiger partial charge in [-0.1, -0.05) is 24.6 Å². The van der Waals surface area contributed by atoms with Gasteiger partial charge in [0.25, 0.3) is 0 Å². The minimum Gasteiger partial charge on any atom is -0.313 e. The molecule has 1 aromatic carbocycles. The van der Waals surface area contributed by atoms with Crippen molar-refractivity contribution in [3.05, 3.63) is 27.7 Å². The zero-order valence-electron chi connectivity index (χ0n) is 10.6. The Hall–Kier alpha value is 0.150. The molecule has 0 aliphatic heterocycles. The van der Waals surface area contributed by atoms with E-state index < -0.39 is 10.0 Å². The molecule has 1 rings (SSSR count). The van der Waals surface area contributed by atoms with E-state index in [9.17, 15) is 8.42 Å². The van der Waals surface area contributed by atoms with Crippen molar-refractivity contribution in [3.63, 3.8) is 0 Å². The highest BCUT2D eigenvalue weighted by molar-refractivity contribution is 9.10. The van der Waals surface area contributed by atoms with Crippen molar-refractivity contribution >= 4 is 50.0 Å². The molecule has 1 aromatic rings. The molecule has 0 unspecified atom stereocenters. The van der Waals surface area contributed by atoms with Gasteiger partial charge in [-0.15, -0.1) is 12.4 Å². The summed E-state index contributed by atoms with van der Waals surface area (Å²) in [5, 5.41) is 3.50. The van der Waals surface area contributed by atoms with Gasteiger partial charge in [0.2, 0.25) is 10.0 Å². The van der Waals surface area contributed by atoms with Crippen LogP contribution < -0.4 is 10.0 Å². The molecule has 4 nitrogen and oxygen atoms in total. The largest absolute Gasteiger partial charge is 0.313 e. The Morgan fingerprint density at radius 1 is 1.42 bits per heavy atom. The molecule has 0 radical (unpaired) electrons. The van der Waals surface area contributed by atoms with Crippen LogP contribution in [0.4, 0.5) is 0 Å². The number of hydrogen-bond acceptors (Lipinski definition) is 3. The Morgan fingerprint density at radius 2 is 2.05 bits per heavy atom. The first-order valence-electron chi connectivity index (χ1n) is 5.55. The molecule has 19 heavy (non-hydrogen) atoms. The van der Waals surface area contributed by atoms with Crippen LogP contribution in [0.2, 0.25) is 5.02 Å². The second-order valence-electron chi connectivity index (χ2n) is 3.86. The van der Waals surface area contributed by atoms with Gasteiger partial charge in [-0.05, 0) is 41.5 Å². The molecule has 0 bridgehead atoms. The third-order valence-electron chi connectivity index (χ3n) is 2.34. The second kappa shape index (κ2) is 8.44. The van der Waals surface area contributed by atoms with Gasteiger partial charge in [-0.3, -0.25) is 0 Å². The van der Waals surface area contributed by atoms with Crippen LogP contribution in [-0.2, 0) is 10.0 Å². The standard InChI is InChI=1S/C11H16BrClN2O2S.ClH/c1-3-14-8(2)7-15-18(16,17)10-6-4-5-9(13)11(10)12;/h4-6,8,14-15H,3,7H2,1-2H3;1H/t8-;/m1./s1. The van der Waals surface area contributed by atoms with E-state index in [1.807, 2.05) is 13.8 Å². The molecule has 0 saturated carbocycles. The molecule has 8 heteroatoms. The van der Waals surface area contributed by atoms with E-state index >= 15 is 0 Å². The lowest BCUT2D eigenvalue weighted by molar-refractivity contribution is 0.536. The third-order valence-corrected chi connectivity index (χ3v) is 5.46. The monoisotopic (exact) mass is 390 g/mol. The van der Waals surface area contributed by atoms with Crippen LogP contribution in [0.15, 0.2) is 27.6 Å². The Bertz CT molecular complexity index is 511. The second-order valence-corrected chi connectivity index (χ2v) is 6.80. The SMILES string of the molecule is CCN[C@H](C)CNS(=O)(=O)c1cccc(Cl)c1Br.Cl. The zero-order valence-corrected chi connectivity index (χ0v) is 14.6. The van der Waals surface area contributed by atoms with E-state index in [4.69, 9.17) is 11.6 Å². The highest BCUT2D eigenvalue weighted by Crippen LogP contribution is 2.29. The van der Waals surface area contributed by atoms with Crippen LogP contribution in [0.5, 0.6) is 0 Å². The normalized spacial score (nSPS) is 12.8. The van der Waals surface area contributed by atoms with Gasteiger partial charge in [0, 0.05) is 12.6 Å². The average Bonchev–Trinajstić information content (AvgIpc) is 2.30.